The molecule has 7 nitrogen and oxygen atoms in total. The maximum Gasteiger partial charge on any atom is 0.273 e. The molecule has 0 amide bonds. The molecule has 1 heterocycles. The lowest BCUT2D eigenvalue weighted by Crippen LogP contribution is -2.01. The number of aromatic nitrogens is 2. The van der Waals surface area contributed by atoms with E-state index in [1.54, 1.807) is 13.0 Å². The molecule has 2 aromatic rings. The second-order valence-corrected chi connectivity index (χ2v) is 4.21. The van der Waals surface area contributed by atoms with Gasteiger partial charge in [0.2, 0.25) is 5.88 Å². The van der Waals surface area contributed by atoms with Gasteiger partial charge in [-0.05, 0) is 18.6 Å². The van der Waals surface area contributed by atoms with Gasteiger partial charge in [0.05, 0.1) is 11.0 Å². The number of rotatable bonds is 4. The summed E-state index contributed by atoms with van der Waals surface area (Å²) in [5.41, 5.74) is 6.40. The molecule has 104 valence electrons. The molecule has 2 N–H and O–H groups in total. The monoisotopic (exact) mass is 274 g/mol. The average molecular weight is 274 g/mol. The fraction of sp³-hybridized carbons (Fsp3) is 0.231. The number of nitrogen functional groups attached to an aromatic ring is 1. The van der Waals surface area contributed by atoms with Crippen LogP contribution in [-0.2, 0) is 6.42 Å². The number of hydrogen-bond acceptors (Lipinski definition) is 6. The number of aryl methyl sites for hydroxylation is 2. The fourth-order valence-corrected chi connectivity index (χ4v) is 1.63. The third kappa shape index (κ3) is 3.00. The largest absolute Gasteiger partial charge is 0.438 e. The van der Waals surface area contributed by atoms with E-state index in [4.69, 9.17) is 10.5 Å². The van der Waals surface area contributed by atoms with Crippen LogP contribution in [0.3, 0.4) is 0 Å². The highest BCUT2D eigenvalue weighted by atomic mass is 16.6. The first-order valence-electron chi connectivity index (χ1n) is 6.06. The molecular formula is C13H14N4O3. The zero-order chi connectivity index (χ0) is 14.7. The molecule has 20 heavy (non-hydrogen) atoms. The highest BCUT2D eigenvalue weighted by Gasteiger charge is 2.11. The Morgan fingerprint density at radius 3 is 2.75 bits per heavy atom. The van der Waals surface area contributed by atoms with E-state index in [9.17, 15) is 10.1 Å². The Labute approximate surface area is 115 Å². The molecular weight excluding hydrogens is 260 g/mol. The van der Waals surface area contributed by atoms with Crippen LogP contribution in [0.4, 0.5) is 11.5 Å². The van der Waals surface area contributed by atoms with E-state index in [2.05, 4.69) is 9.97 Å². The minimum atomic E-state index is -0.474. The van der Waals surface area contributed by atoms with E-state index in [1.807, 2.05) is 6.92 Å². The maximum absolute atomic E-state index is 10.8. The molecule has 0 aliphatic heterocycles. The van der Waals surface area contributed by atoms with Crippen LogP contribution in [0.2, 0.25) is 0 Å². The van der Waals surface area contributed by atoms with Gasteiger partial charge in [0.15, 0.2) is 0 Å². The van der Waals surface area contributed by atoms with Crippen LogP contribution in [0.1, 0.15) is 18.3 Å². The summed E-state index contributed by atoms with van der Waals surface area (Å²) in [6, 6.07) is 5.89. The van der Waals surface area contributed by atoms with Crippen molar-refractivity contribution in [1.82, 2.24) is 9.97 Å². The number of anilines is 1. The van der Waals surface area contributed by atoms with E-state index in [0.29, 0.717) is 23.8 Å². The molecule has 0 aliphatic carbocycles. The van der Waals surface area contributed by atoms with Crippen LogP contribution in [0.25, 0.3) is 0 Å². The van der Waals surface area contributed by atoms with Crippen LogP contribution in [-0.4, -0.2) is 14.9 Å². The standard InChI is InChI=1S/C13H14N4O3/c1-3-12-15-11(14)7-13(16-12)20-10-6-9(17(18)19)5-4-8(10)2/h4-7H,3H2,1-2H3,(H2,14,15,16). The highest BCUT2D eigenvalue weighted by molar-refractivity contribution is 5.45. The highest BCUT2D eigenvalue weighted by Crippen LogP contribution is 2.28. The Hall–Kier alpha value is -2.70. The van der Waals surface area contributed by atoms with Crippen molar-refractivity contribution in [3.8, 4) is 11.6 Å². The minimum absolute atomic E-state index is 0.0386. The first-order valence-corrected chi connectivity index (χ1v) is 6.06. The zero-order valence-corrected chi connectivity index (χ0v) is 11.2. The summed E-state index contributed by atoms with van der Waals surface area (Å²) in [6.07, 6.45) is 0.620. The molecule has 7 heteroatoms. The lowest BCUT2D eigenvalue weighted by Gasteiger charge is -2.09. The van der Waals surface area contributed by atoms with Crippen molar-refractivity contribution in [2.24, 2.45) is 0 Å². The summed E-state index contributed by atoms with van der Waals surface area (Å²) in [4.78, 5) is 18.5. The summed E-state index contributed by atoms with van der Waals surface area (Å²) in [5, 5.41) is 10.8. The van der Waals surface area contributed by atoms with Gasteiger partial charge in [0.1, 0.15) is 17.4 Å². The smallest absolute Gasteiger partial charge is 0.273 e. The fourth-order valence-electron chi connectivity index (χ4n) is 1.63. The van der Waals surface area contributed by atoms with E-state index >= 15 is 0 Å². The molecule has 0 atom stereocenters. The van der Waals surface area contributed by atoms with E-state index in [0.717, 1.165) is 5.56 Å². The van der Waals surface area contributed by atoms with E-state index in [-0.39, 0.29) is 11.6 Å². The molecule has 0 bridgehead atoms. The predicted molar refractivity (Wildman–Crippen MR) is 73.7 cm³/mol. The van der Waals surface area contributed by atoms with Gasteiger partial charge in [-0.15, -0.1) is 0 Å². The maximum atomic E-state index is 10.8. The number of hydrogen-bond donors (Lipinski definition) is 1. The average Bonchev–Trinajstić information content (AvgIpc) is 2.40. The quantitative estimate of drug-likeness (QED) is 0.678. The summed E-state index contributed by atoms with van der Waals surface area (Å²) in [7, 11) is 0. The molecule has 0 saturated carbocycles. The molecule has 0 aliphatic rings. The summed E-state index contributed by atoms with van der Waals surface area (Å²) < 4.78 is 5.59. The lowest BCUT2D eigenvalue weighted by atomic mass is 10.2. The van der Waals surface area contributed by atoms with Gasteiger partial charge in [0, 0.05) is 18.6 Å². The Kier molecular flexibility index (Phi) is 3.79. The summed E-state index contributed by atoms with van der Waals surface area (Å²) in [5.74, 6) is 1.51. The Bertz CT molecular complexity index is 658. The molecule has 1 aromatic carbocycles. The second kappa shape index (κ2) is 5.52. The Balaban J connectivity index is 2.36. The van der Waals surface area contributed by atoms with Crippen LogP contribution < -0.4 is 10.5 Å². The number of nitro benzene ring substituents is 1. The van der Waals surface area contributed by atoms with E-state index < -0.39 is 4.92 Å². The number of nitrogens with zero attached hydrogens (tertiary/aromatic N) is 3. The van der Waals surface area contributed by atoms with Gasteiger partial charge in [-0.25, -0.2) is 4.98 Å². The van der Waals surface area contributed by atoms with Crippen molar-refractivity contribution in [2.75, 3.05) is 5.73 Å². The van der Waals surface area contributed by atoms with Gasteiger partial charge in [-0.3, -0.25) is 10.1 Å². The Morgan fingerprint density at radius 2 is 2.10 bits per heavy atom. The van der Waals surface area contributed by atoms with Gasteiger partial charge in [0.25, 0.3) is 5.69 Å². The molecule has 0 radical (unpaired) electrons. The van der Waals surface area contributed by atoms with Crippen molar-refractivity contribution < 1.29 is 9.66 Å². The van der Waals surface area contributed by atoms with Crippen molar-refractivity contribution >= 4 is 11.5 Å². The van der Waals surface area contributed by atoms with Gasteiger partial charge < -0.3 is 10.5 Å². The topological polar surface area (TPSA) is 104 Å². The van der Waals surface area contributed by atoms with Crippen LogP contribution in [0.5, 0.6) is 11.6 Å². The van der Waals surface area contributed by atoms with Crippen molar-refractivity contribution in [3.05, 3.63) is 45.8 Å². The van der Waals surface area contributed by atoms with Gasteiger partial charge >= 0.3 is 0 Å². The SMILES string of the molecule is CCc1nc(N)cc(Oc2cc([N+](=O)[O-])ccc2C)n1. The number of non-ortho nitro benzene ring substituents is 1. The zero-order valence-electron chi connectivity index (χ0n) is 11.2. The molecule has 0 spiro atoms. The van der Waals surface area contributed by atoms with Gasteiger partial charge in [-0.1, -0.05) is 6.92 Å². The van der Waals surface area contributed by atoms with Crippen molar-refractivity contribution in [2.45, 2.75) is 20.3 Å². The third-order valence-corrected chi connectivity index (χ3v) is 2.68. The van der Waals surface area contributed by atoms with E-state index in [1.165, 1.54) is 18.2 Å². The van der Waals surface area contributed by atoms with Crippen LogP contribution >= 0.6 is 0 Å². The predicted octanol–water partition coefficient (Wildman–Crippen LogP) is 2.63. The van der Waals surface area contributed by atoms with Crippen molar-refractivity contribution in [3.63, 3.8) is 0 Å². The molecule has 0 saturated heterocycles. The molecule has 2 rings (SSSR count). The molecule has 0 unspecified atom stereocenters. The summed E-state index contributed by atoms with van der Waals surface area (Å²) in [6.45, 7) is 3.70. The number of benzene rings is 1. The molecule has 0 fully saturated rings. The first kappa shape index (κ1) is 13.7. The Morgan fingerprint density at radius 1 is 1.35 bits per heavy atom. The number of nitro groups is 1. The summed E-state index contributed by atoms with van der Waals surface area (Å²) >= 11 is 0. The second-order valence-electron chi connectivity index (χ2n) is 4.21. The van der Waals surface area contributed by atoms with Gasteiger partial charge in [-0.2, -0.15) is 4.98 Å². The lowest BCUT2D eigenvalue weighted by molar-refractivity contribution is -0.384. The van der Waals surface area contributed by atoms with Crippen molar-refractivity contribution in [1.29, 1.82) is 0 Å². The van der Waals surface area contributed by atoms with Crippen LogP contribution in [0, 0.1) is 17.0 Å². The third-order valence-electron chi connectivity index (χ3n) is 2.68. The molecule has 1 aromatic heterocycles. The normalized spacial score (nSPS) is 10.3. The first-order chi connectivity index (χ1) is 9.49. The van der Waals surface area contributed by atoms with Crippen LogP contribution in [0.15, 0.2) is 24.3 Å². The number of ether oxygens (including phenoxy) is 1. The minimum Gasteiger partial charge on any atom is -0.438 e. The number of nitrogens with two attached hydrogens (primary N) is 1.